The summed E-state index contributed by atoms with van der Waals surface area (Å²) in [4.78, 5) is 31.8. The Balaban J connectivity index is 1.40. The first-order valence-electron chi connectivity index (χ1n) is 11.8. The number of carbonyl (C=O) groups is 2. The van der Waals surface area contributed by atoms with Gasteiger partial charge in [-0.25, -0.2) is 9.78 Å². The number of ether oxygens (including phenoxy) is 2. The summed E-state index contributed by atoms with van der Waals surface area (Å²) in [7, 11) is 0. The molecule has 6 nitrogen and oxygen atoms in total. The SMILES string of the molecule is CC(C)OC(=O)c1cccc(CN2C(=O)COc3ccc(-c4csc(Cc5ccccc5)n4)cc32)c1. The van der Waals surface area contributed by atoms with Crippen molar-refractivity contribution in [3.05, 3.63) is 99.9 Å². The van der Waals surface area contributed by atoms with Crippen LogP contribution in [-0.2, 0) is 22.5 Å². The maximum atomic E-state index is 12.9. The molecule has 1 aliphatic heterocycles. The van der Waals surface area contributed by atoms with Crippen LogP contribution in [0, 0.1) is 0 Å². The molecule has 0 fully saturated rings. The van der Waals surface area contributed by atoms with Gasteiger partial charge in [0.1, 0.15) is 5.75 Å². The molecule has 0 atom stereocenters. The second-order valence-corrected chi connectivity index (χ2v) is 9.84. The number of fused-ring (bicyclic) bond motifs is 1. The zero-order valence-electron chi connectivity index (χ0n) is 20.1. The molecule has 182 valence electrons. The second kappa shape index (κ2) is 10.3. The highest BCUT2D eigenvalue weighted by atomic mass is 32.1. The number of aromatic nitrogens is 1. The number of benzene rings is 3. The molecule has 1 amide bonds. The quantitative estimate of drug-likeness (QED) is 0.297. The average molecular weight is 499 g/mol. The number of esters is 1. The van der Waals surface area contributed by atoms with Crippen molar-refractivity contribution in [2.45, 2.75) is 32.9 Å². The minimum atomic E-state index is -0.377. The van der Waals surface area contributed by atoms with E-state index in [-0.39, 0.29) is 24.6 Å². The highest BCUT2D eigenvalue weighted by molar-refractivity contribution is 7.10. The van der Waals surface area contributed by atoms with Gasteiger partial charge in [0, 0.05) is 17.4 Å². The third-order valence-corrected chi connectivity index (χ3v) is 6.64. The smallest absolute Gasteiger partial charge is 0.338 e. The number of carbonyl (C=O) groups excluding carboxylic acids is 2. The van der Waals surface area contributed by atoms with Gasteiger partial charge in [0.05, 0.1) is 34.6 Å². The molecule has 0 unspecified atom stereocenters. The fraction of sp³-hybridized carbons (Fsp3) is 0.207. The van der Waals surface area contributed by atoms with Crippen molar-refractivity contribution in [1.29, 1.82) is 0 Å². The molecular formula is C29H26N2O4S. The third kappa shape index (κ3) is 5.31. The molecule has 0 radical (unpaired) electrons. The molecule has 1 aliphatic rings. The standard InChI is InChI=1S/C29H26N2O4S/c1-19(2)35-29(33)23-10-6-9-21(13-23)16-31-25-15-22(11-12-26(25)34-17-28(31)32)24-18-36-27(30-24)14-20-7-4-3-5-8-20/h3-13,15,18-19H,14,16-17H2,1-2H3. The number of hydrogen-bond acceptors (Lipinski definition) is 6. The zero-order chi connectivity index (χ0) is 25.1. The third-order valence-electron chi connectivity index (χ3n) is 5.79. The van der Waals surface area contributed by atoms with Crippen molar-refractivity contribution in [3.8, 4) is 17.0 Å². The van der Waals surface area contributed by atoms with Crippen LogP contribution in [0.2, 0.25) is 0 Å². The van der Waals surface area contributed by atoms with Crippen LogP contribution in [0.3, 0.4) is 0 Å². The molecule has 4 aromatic rings. The van der Waals surface area contributed by atoms with E-state index in [1.807, 2.05) is 61.7 Å². The number of thiazole rings is 1. The molecule has 1 aromatic heterocycles. The van der Waals surface area contributed by atoms with Crippen LogP contribution in [0.1, 0.15) is 40.3 Å². The van der Waals surface area contributed by atoms with Crippen LogP contribution in [0.25, 0.3) is 11.3 Å². The largest absolute Gasteiger partial charge is 0.482 e. The van der Waals surface area contributed by atoms with Crippen molar-refractivity contribution < 1.29 is 19.1 Å². The molecule has 0 bridgehead atoms. The zero-order valence-corrected chi connectivity index (χ0v) is 21.0. The normalized spacial score (nSPS) is 12.9. The molecule has 0 aliphatic carbocycles. The Morgan fingerprint density at radius 3 is 2.67 bits per heavy atom. The average Bonchev–Trinajstić information content (AvgIpc) is 3.34. The van der Waals surface area contributed by atoms with Crippen molar-refractivity contribution in [2.75, 3.05) is 11.5 Å². The molecular weight excluding hydrogens is 472 g/mol. The van der Waals surface area contributed by atoms with Crippen molar-refractivity contribution >= 4 is 28.9 Å². The second-order valence-electron chi connectivity index (χ2n) is 8.89. The summed E-state index contributed by atoms with van der Waals surface area (Å²) < 4.78 is 11.0. The maximum Gasteiger partial charge on any atom is 0.338 e. The highest BCUT2D eigenvalue weighted by Crippen LogP contribution is 2.37. The first kappa shape index (κ1) is 23.8. The molecule has 0 spiro atoms. The predicted molar refractivity (Wildman–Crippen MR) is 140 cm³/mol. The van der Waals surface area contributed by atoms with Gasteiger partial charge in [-0.3, -0.25) is 4.79 Å². The first-order valence-corrected chi connectivity index (χ1v) is 12.7. The summed E-state index contributed by atoms with van der Waals surface area (Å²) >= 11 is 1.62. The van der Waals surface area contributed by atoms with Gasteiger partial charge in [0.15, 0.2) is 6.61 Å². The Kier molecular flexibility index (Phi) is 6.82. The topological polar surface area (TPSA) is 68.7 Å². The van der Waals surface area contributed by atoms with Crippen LogP contribution >= 0.6 is 11.3 Å². The van der Waals surface area contributed by atoms with Gasteiger partial charge in [0.25, 0.3) is 5.91 Å². The summed E-state index contributed by atoms with van der Waals surface area (Å²) in [5, 5.41) is 3.07. The lowest BCUT2D eigenvalue weighted by atomic mass is 10.1. The number of rotatable bonds is 7. The van der Waals surface area contributed by atoms with E-state index in [0.29, 0.717) is 23.5 Å². The van der Waals surface area contributed by atoms with Crippen LogP contribution < -0.4 is 9.64 Å². The van der Waals surface area contributed by atoms with E-state index in [0.717, 1.165) is 28.2 Å². The van der Waals surface area contributed by atoms with Crippen LogP contribution in [0.4, 0.5) is 5.69 Å². The van der Waals surface area contributed by atoms with E-state index < -0.39 is 0 Å². The molecule has 0 saturated carbocycles. The van der Waals surface area contributed by atoms with Crippen molar-refractivity contribution in [2.24, 2.45) is 0 Å². The van der Waals surface area contributed by atoms with Gasteiger partial charge in [-0.1, -0.05) is 42.5 Å². The Morgan fingerprint density at radius 1 is 1.06 bits per heavy atom. The van der Waals surface area contributed by atoms with E-state index in [1.165, 1.54) is 5.56 Å². The van der Waals surface area contributed by atoms with Crippen molar-refractivity contribution in [1.82, 2.24) is 4.98 Å². The molecule has 2 heterocycles. The van der Waals surface area contributed by atoms with Gasteiger partial charge in [-0.15, -0.1) is 11.3 Å². The Bertz CT molecular complexity index is 1400. The molecule has 3 aromatic carbocycles. The fourth-order valence-electron chi connectivity index (χ4n) is 4.09. The Morgan fingerprint density at radius 2 is 1.86 bits per heavy atom. The number of anilines is 1. The van der Waals surface area contributed by atoms with E-state index in [9.17, 15) is 9.59 Å². The Labute approximate surface area is 214 Å². The molecule has 0 N–H and O–H groups in total. The van der Waals surface area contributed by atoms with Crippen LogP contribution in [-0.4, -0.2) is 29.6 Å². The van der Waals surface area contributed by atoms with Gasteiger partial charge in [-0.2, -0.15) is 0 Å². The van der Waals surface area contributed by atoms with Crippen LogP contribution in [0.15, 0.2) is 78.2 Å². The molecule has 7 heteroatoms. The van der Waals surface area contributed by atoms with Gasteiger partial charge < -0.3 is 14.4 Å². The highest BCUT2D eigenvalue weighted by Gasteiger charge is 2.27. The predicted octanol–water partition coefficient (Wildman–Crippen LogP) is 5.89. The number of hydrogen-bond donors (Lipinski definition) is 0. The van der Waals surface area contributed by atoms with E-state index in [1.54, 1.807) is 34.4 Å². The summed E-state index contributed by atoms with van der Waals surface area (Å²) in [6.07, 6.45) is 0.575. The van der Waals surface area contributed by atoms with Crippen molar-refractivity contribution in [3.63, 3.8) is 0 Å². The number of nitrogens with zero attached hydrogens (tertiary/aromatic N) is 2. The maximum absolute atomic E-state index is 12.9. The summed E-state index contributed by atoms with van der Waals surface area (Å²) in [6.45, 7) is 3.92. The summed E-state index contributed by atoms with van der Waals surface area (Å²) in [5.74, 6) is 0.129. The summed E-state index contributed by atoms with van der Waals surface area (Å²) in [5.41, 5.74) is 4.99. The first-order chi connectivity index (χ1) is 17.5. The Hall–Kier alpha value is -3.97. The minimum absolute atomic E-state index is 0.0284. The van der Waals surface area contributed by atoms with E-state index >= 15 is 0 Å². The van der Waals surface area contributed by atoms with Gasteiger partial charge in [-0.05, 0) is 55.3 Å². The molecule has 5 rings (SSSR count). The lowest BCUT2D eigenvalue weighted by Crippen LogP contribution is -2.38. The lowest BCUT2D eigenvalue weighted by molar-refractivity contribution is -0.121. The van der Waals surface area contributed by atoms with E-state index in [4.69, 9.17) is 14.5 Å². The molecule has 0 saturated heterocycles. The minimum Gasteiger partial charge on any atom is -0.482 e. The monoisotopic (exact) mass is 498 g/mol. The number of amides is 1. The fourth-order valence-corrected chi connectivity index (χ4v) is 4.93. The van der Waals surface area contributed by atoms with Gasteiger partial charge >= 0.3 is 5.97 Å². The summed E-state index contributed by atoms with van der Waals surface area (Å²) in [6, 6.07) is 23.3. The van der Waals surface area contributed by atoms with Crippen LogP contribution in [0.5, 0.6) is 5.75 Å². The van der Waals surface area contributed by atoms with Gasteiger partial charge in [0.2, 0.25) is 0 Å². The lowest BCUT2D eigenvalue weighted by Gasteiger charge is -2.30. The molecule has 36 heavy (non-hydrogen) atoms. The van der Waals surface area contributed by atoms with E-state index in [2.05, 4.69) is 12.1 Å².